The number of rotatable bonds is 5. The summed E-state index contributed by atoms with van der Waals surface area (Å²) in [7, 11) is 0. The minimum atomic E-state index is -0.275. The number of carbonyl (C=O) groups is 2. The van der Waals surface area contributed by atoms with Gasteiger partial charge in [0.05, 0.1) is 11.7 Å². The van der Waals surface area contributed by atoms with Crippen LogP contribution in [0, 0.1) is 11.7 Å². The Morgan fingerprint density at radius 1 is 1.19 bits per heavy atom. The van der Waals surface area contributed by atoms with Crippen molar-refractivity contribution in [2.24, 2.45) is 5.92 Å². The first-order valence-electron chi connectivity index (χ1n) is 9.00. The fourth-order valence-corrected chi connectivity index (χ4v) is 3.72. The first kappa shape index (κ1) is 19.4. The number of nitrogens with zero attached hydrogens (tertiary/aromatic N) is 1. The highest BCUT2D eigenvalue weighted by molar-refractivity contribution is 7.99. The Labute approximate surface area is 163 Å². The molecule has 1 atom stereocenters. The van der Waals surface area contributed by atoms with Crippen molar-refractivity contribution in [1.82, 2.24) is 4.90 Å². The van der Waals surface area contributed by atoms with Crippen molar-refractivity contribution in [3.63, 3.8) is 0 Å². The average Bonchev–Trinajstić information content (AvgIpc) is 2.69. The molecule has 0 aromatic heterocycles. The standard InChI is InChI=1S/C21H23FN2O2S/c1-27-14-20(25)24-11-3-5-17(13-24)21(26)23-19-9-7-15(8-10-19)16-4-2-6-18(22)12-16/h2,4,6-10,12,17H,3,5,11,13-14H2,1H3,(H,23,26). The smallest absolute Gasteiger partial charge is 0.232 e. The van der Waals surface area contributed by atoms with Gasteiger partial charge < -0.3 is 10.2 Å². The predicted octanol–water partition coefficient (Wildman–Crippen LogP) is 4.03. The molecule has 1 N–H and O–H groups in total. The minimum Gasteiger partial charge on any atom is -0.341 e. The number of anilines is 1. The lowest BCUT2D eigenvalue weighted by Gasteiger charge is -2.32. The van der Waals surface area contributed by atoms with Crippen molar-refractivity contribution in [2.75, 3.05) is 30.4 Å². The molecule has 4 nitrogen and oxygen atoms in total. The number of likely N-dealkylation sites (tertiary alicyclic amines) is 1. The third-order valence-corrected chi connectivity index (χ3v) is 5.26. The molecule has 3 rings (SSSR count). The van der Waals surface area contributed by atoms with Gasteiger partial charge in [-0.1, -0.05) is 24.3 Å². The van der Waals surface area contributed by atoms with Crippen LogP contribution in [0.25, 0.3) is 11.1 Å². The van der Waals surface area contributed by atoms with Gasteiger partial charge in [-0.25, -0.2) is 4.39 Å². The van der Waals surface area contributed by atoms with E-state index in [0.29, 0.717) is 18.0 Å². The summed E-state index contributed by atoms with van der Waals surface area (Å²) < 4.78 is 13.4. The molecule has 1 unspecified atom stereocenters. The number of piperidine rings is 1. The quantitative estimate of drug-likeness (QED) is 0.844. The van der Waals surface area contributed by atoms with Gasteiger partial charge in [-0.2, -0.15) is 11.8 Å². The van der Waals surface area contributed by atoms with Gasteiger partial charge in [-0.15, -0.1) is 0 Å². The van der Waals surface area contributed by atoms with E-state index < -0.39 is 0 Å². The van der Waals surface area contributed by atoms with Crippen molar-refractivity contribution >= 4 is 29.3 Å². The number of benzene rings is 2. The SMILES string of the molecule is CSCC(=O)N1CCCC(C(=O)Nc2ccc(-c3cccc(F)c3)cc2)C1. The van der Waals surface area contributed by atoms with Crippen LogP contribution in [0.15, 0.2) is 48.5 Å². The van der Waals surface area contributed by atoms with E-state index in [9.17, 15) is 14.0 Å². The Bertz CT molecular complexity index is 810. The molecule has 6 heteroatoms. The molecule has 1 saturated heterocycles. The number of halogens is 1. The molecule has 0 bridgehead atoms. The van der Waals surface area contributed by atoms with E-state index in [1.807, 2.05) is 36.6 Å². The van der Waals surface area contributed by atoms with Crippen LogP contribution in [-0.4, -0.2) is 41.8 Å². The Kier molecular flexibility index (Phi) is 6.50. The maximum absolute atomic E-state index is 13.4. The van der Waals surface area contributed by atoms with E-state index in [-0.39, 0.29) is 23.5 Å². The molecule has 27 heavy (non-hydrogen) atoms. The van der Waals surface area contributed by atoms with Crippen molar-refractivity contribution in [1.29, 1.82) is 0 Å². The maximum atomic E-state index is 13.4. The summed E-state index contributed by atoms with van der Waals surface area (Å²) in [5.41, 5.74) is 2.38. The number of thioether (sulfide) groups is 1. The Morgan fingerprint density at radius 3 is 2.67 bits per heavy atom. The topological polar surface area (TPSA) is 49.4 Å². The van der Waals surface area contributed by atoms with Gasteiger partial charge >= 0.3 is 0 Å². The minimum absolute atomic E-state index is 0.0600. The first-order valence-corrected chi connectivity index (χ1v) is 10.4. The van der Waals surface area contributed by atoms with Gasteiger partial charge in [0.1, 0.15) is 5.82 Å². The van der Waals surface area contributed by atoms with E-state index in [0.717, 1.165) is 30.5 Å². The Morgan fingerprint density at radius 2 is 1.96 bits per heavy atom. The summed E-state index contributed by atoms with van der Waals surface area (Å²) in [4.78, 5) is 26.4. The fraction of sp³-hybridized carbons (Fsp3) is 0.333. The monoisotopic (exact) mass is 386 g/mol. The molecule has 0 radical (unpaired) electrons. The second-order valence-electron chi connectivity index (χ2n) is 6.69. The van der Waals surface area contributed by atoms with Crippen LogP contribution in [0.2, 0.25) is 0 Å². The number of hydrogen-bond acceptors (Lipinski definition) is 3. The van der Waals surface area contributed by atoms with Gasteiger partial charge in [0.25, 0.3) is 0 Å². The van der Waals surface area contributed by atoms with Crippen molar-refractivity contribution in [3.05, 3.63) is 54.3 Å². The second kappa shape index (κ2) is 9.04. The summed E-state index contributed by atoms with van der Waals surface area (Å²) in [6.07, 6.45) is 3.53. The molecule has 1 fully saturated rings. The third-order valence-electron chi connectivity index (χ3n) is 4.72. The summed E-state index contributed by atoms with van der Waals surface area (Å²) >= 11 is 1.50. The Balaban J connectivity index is 1.61. The highest BCUT2D eigenvalue weighted by Gasteiger charge is 2.28. The van der Waals surface area contributed by atoms with E-state index in [4.69, 9.17) is 0 Å². The highest BCUT2D eigenvalue weighted by atomic mass is 32.2. The molecule has 0 saturated carbocycles. The molecular weight excluding hydrogens is 363 g/mol. The second-order valence-corrected chi connectivity index (χ2v) is 7.55. The van der Waals surface area contributed by atoms with Crippen LogP contribution in [0.3, 0.4) is 0 Å². The van der Waals surface area contributed by atoms with Gasteiger partial charge in [-0.3, -0.25) is 9.59 Å². The van der Waals surface area contributed by atoms with Crippen molar-refractivity contribution in [2.45, 2.75) is 12.8 Å². The summed E-state index contributed by atoms with van der Waals surface area (Å²) in [5.74, 6) is 0.0281. The third kappa shape index (κ3) is 5.10. The molecule has 2 aromatic rings. The lowest BCUT2D eigenvalue weighted by molar-refractivity contribution is -0.132. The Hall–Kier alpha value is -2.34. The number of carbonyl (C=O) groups excluding carboxylic acids is 2. The molecule has 2 aromatic carbocycles. The maximum Gasteiger partial charge on any atom is 0.232 e. The van der Waals surface area contributed by atoms with Crippen LogP contribution >= 0.6 is 11.8 Å². The van der Waals surface area contributed by atoms with Crippen molar-refractivity contribution in [3.8, 4) is 11.1 Å². The van der Waals surface area contributed by atoms with Crippen molar-refractivity contribution < 1.29 is 14.0 Å². The number of amides is 2. The lowest BCUT2D eigenvalue weighted by atomic mass is 9.97. The van der Waals surface area contributed by atoms with Crippen LogP contribution in [-0.2, 0) is 9.59 Å². The molecule has 1 aliphatic heterocycles. The van der Waals surface area contributed by atoms with Crippen LogP contribution < -0.4 is 5.32 Å². The number of hydrogen-bond donors (Lipinski definition) is 1. The van der Waals surface area contributed by atoms with Crippen LogP contribution in [0.4, 0.5) is 10.1 Å². The largest absolute Gasteiger partial charge is 0.341 e. The number of nitrogens with one attached hydrogen (secondary N) is 1. The van der Waals surface area contributed by atoms with E-state index in [1.54, 1.807) is 11.0 Å². The zero-order chi connectivity index (χ0) is 19.2. The molecule has 0 spiro atoms. The molecular formula is C21H23FN2O2S. The van der Waals surface area contributed by atoms with Crippen LogP contribution in [0.1, 0.15) is 12.8 Å². The summed E-state index contributed by atoms with van der Waals surface area (Å²) in [6, 6.07) is 13.8. The molecule has 1 aliphatic rings. The fourth-order valence-electron chi connectivity index (χ4n) is 3.29. The molecule has 1 heterocycles. The van der Waals surface area contributed by atoms with Gasteiger partial charge in [0, 0.05) is 18.8 Å². The zero-order valence-electron chi connectivity index (χ0n) is 15.3. The summed E-state index contributed by atoms with van der Waals surface area (Å²) in [6.45, 7) is 1.21. The predicted molar refractivity (Wildman–Crippen MR) is 108 cm³/mol. The van der Waals surface area contributed by atoms with Gasteiger partial charge in [0.15, 0.2) is 0 Å². The highest BCUT2D eigenvalue weighted by Crippen LogP contribution is 2.23. The normalized spacial score (nSPS) is 16.8. The molecule has 2 amide bonds. The average molecular weight is 386 g/mol. The van der Waals surface area contributed by atoms with Gasteiger partial charge in [0.2, 0.25) is 11.8 Å². The lowest BCUT2D eigenvalue weighted by Crippen LogP contribution is -2.44. The van der Waals surface area contributed by atoms with E-state index in [2.05, 4.69) is 5.32 Å². The van der Waals surface area contributed by atoms with Crippen LogP contribution in [0.5, 0.6) is 0 Å². The van der Waals surface area contributed by atoms with Gasteiger partial charge in [-0.05, 0) is 54.5 Å². The molecule has 0 aliphatic carbocycles. The first-order chi connectivity index (χ1) is 13.1. The zero-order valence-corrected chi connectivity index (χ0v) is 16.1. The molecule has 142 valence electrons. The van der Waals surface area contributed by atoms with E-state index in [1.165, 1.54) is 23.9 Å². The van der Waals surface area contributed by atoms with E-state index >= 15 is 0 Å². The summed E-state index contributed by atoms with van der Waals surface area (Å²) in [5, 5.41) is 2.94.